The van der Waals surface area contributed by atoms with Crippen molar-refractivity contribution in [3.05, 3.63) is 77.7 Å². The molecule has 6 nitrogen and oxygen atoms in total. The maximum atomic E-state index is 12.9. The molecule has 3 aromatic rings. The minimum Gasteiger partial charge on any atom is -0.497 e. The van der Waals surface area contributed by atoms with Crippen LogP contribution in [0.2, 0.25) is 0 Å². The molecule has 27 heavy (non-hydrogen) atoms. The number of benzene rings is 2. The van der Waals surface area contributed by atoms with Gasteiger partial charge in [0.1, 0.15) is 11.6 Å². The third-order valence-corrected chi connectivity index (χ3v) is 3.87. The van der Waals surface area contributed by atoms with Crippen LogP contribution in [0.5, 0.6) is 5.75 Å². The summed E-state index contributed by atoms with van der Waals surface area (Å²) in [6.45, 7) is 0.429. The molecule has 0 aliphatic carbocycles. The third-order valence-electron chi connectivity index (χ3n) is 3.87. The number of hydrogen-bond acceptors (Lipinski definition) is 5. The van der Waals surface area contributed by atoms with Gasteiger partial charge < -0.3 is 15.4 Å². The van der Waals surface area contributed by atoms with Crippen LogP contribution in [0.15, 0.2) is 60.7 Å². The topological polar surface area (TPSA) is 76.1 Å². The van der Waals surface area contributed by atoms with Crippen LogP contribution in [0.1, 0.15) is 16.1 Å². The second kappa shape index (κ2) is 8.75. The van der Waals surface area contributed by atoms with Crippen molar-refractivity contribution in [2.24, 2.45) is 0 Å². The van der Waals surface area contributed by atoms with Crippen molar-refractivity contribution < 1.29 is 13.9 Å². The van der Waals surface area contributed by atoms with E-state index < -0.39 is 0 Å². The van der Waals surface area contributed by atoms with Gasteiger partial charge in [0.15, 0.2) is 11.5 Å². The smallest absolute Gasteiger partial charge is 0.271 e. The quantitative estimate of drug-likeness (QED) is 0.671. The van der Waals surface area contributed by atoms with E-state index in [0.29, 0.717) is 18.8 Å². The molecule has 0 fully saturated rings. The van der Waals surface area contributed by atoms with Crippen LogP contribution < -0.4 is 15.4 Å². The minimum atomic E-state index is -0.305. The SMILES string of the molecule is COc1ccc(Nc2ccc(C(=O)NCCc3ccc(F)cc3)nn2)cc1. The fourth-order valence-electron chi connectivity index (χ4n) is 2.40. The van der Waals surface area contributed by atoms with Gasteiger partial charge in [-0.15, -0.1) is 10.2 Å². The standard InChI is InChI=1S/C20H19FN4O2/c1-27-17-8-6-16(7-9-17)23-19-11-10-18(24-25-19)20(26)22-13-12-14-2-4-15(21)5-3-14/h2-11H,12-13H2,1H3,(H,22,26)(H,23,25). The Labute approximate surface area is 156 Å². The number of carbonyl (C=O) groups is 1. The van der Waals surface area contributed by atoms with E-state index in [2.05, 4.69) is 20.8 Å². The van der Waals surface area contributed by atoms with E-state index in [-0.39, 0.29) is 17.4 Å². The van der Waals surface area contributed by atoms with Gasteiger partial charge in [0, 0.05) is 12.2 Å². The molecule has 0 aliphatic heterocycles. The number of carbonyl (C=O) groups excluding carboxylic acids is 1. The van der Waals surface area contributed by atoms with Crippen molar-refractivity contribution in [3.8, 4) is 5.75 Å². The molecule has 0 atom stereocenters. The van der Waals surface area contributed by atoms with Gasteiger partial charge in [0.25, 0.3) is 5.91 Å². The Bertz CT molecular complexity index is 881. The number of hydrogen-bond donors (Lipinski definition) is 2. The molecule has 0 radical (unpaired) electrons. The Morgan fingerprint density at radius 1 is 1.00 bits per heavy atom. The lowest BCUT2D eigenvalue weighted by atomic mass is 10.1. The number of halogens is 1. The van der Waals surface area contributed by atoms with Crippen LogP contribution in [0.3, 0.4) is 0 Å². The first-order valence-corrected chi connectivity index (χ1v) is 8.41. The second-order valence-corrected chi connectivity index (χ2v) is 5.79. The van der Waals surface area contributed by atoms with Gasteiger partial charge >= 0.3 is 0 Å². The molecule has 1 amide bonds. The normalized spacial score (nSPS) is 10.3. The monoisotopic (exact) mass is 366 g/mol. The molecule has 1 heterocycles. The highest BCUT2D eigenvalue weighted by atomic mass is 19.1. The third kappa shape index (κ3) is 5.24. The summed E-state index contributed by atoms with van der Waals surface area (Å²) in [7, 11) is 1.61. The fraction of sp³-hybridized carbons (Fsp3) is 0.150. The van der Waals surface area contributed by atoms with E-state index in [4.69, 9.17) is 4.74 Å². The number of aromatic nitrogens is 2. The number of nitrogens with zero attached hydrogens (tertiary/aromatic N) is 2. The zero-order chi connectivity index (χ0) is 19.1. The number of ether oxygens (including phenoxy) is 1. The van der Waals surface area contributed by atoms with E-state index in [1.54, 1.807) is 31.4 Å². The lowest BCUT2D eigenvalue weighted by molar-refractivity contribution is 0.0948. The van der Waals surface area contributed by atoms with Gasteiger partial charge in [-0.05, 0) is 60.5 Å². The van der Waals surface area contributed by atoms with Gasteiger partial charge in [0.2, 0.25) is 0 Å². The van der Waals surface area contributed by atoms with E-state index in [9.17, 15) is 9.18 Å². The summed E-state index contributed by atoms with van der Waals surface area (Å²) >= 11 is 0. The summed E-state index contributed by atoms with van der Waals surface area (Å²) in [4.78, 5) is 12.1. The molecule has 0 bridgehead atoms. The Morgan fingerprint density at radius 2 is 1.74 bits per heavy atom. The number of nitrogens with one attached hydrogen (secondary N) is 2. The number of methoxy groups -OCH3 is 1. The van der Waals surface area contributed by atoms with Gasteiger partial charge in [-0.1, -0.05) is 12.1 Å². The van der Waals surface area contributed by atoms with Gasteiger partial charge in [0.05, 0.1) is 7.11 Å². The van der Waals surface area contributed by atoms with Crippen LogP contribution in [0, 0.1) is 5.82 Å². The summed E-state index contributed by atoms with van der Waals surface area (Å²) < 4.78 is 18.0. The molecule has 0 saturated heterocycles. The second-order valence-electron chi connectivity index (χ2n) is 5.79. The zero-order valence-corrected chi connectivity index (χ0v) is 14.8. The molecular formula is C20H19FN4O2. The Hall–Kier alpha value is -3.48. The Balaban J connectivity index is 1.51. The van der Waals surface area contributed by atoms with E-state index in [1.165, 1.54) is 12.1 Å². The van der Waals surface area contributed by atoms with Crippen molar-refractivity contribution >= 4 is 17.4 Å². The molecule has 0 aliphatic rings. The first-order chi connectivity index (χ1) is 13.1. The maximum Gasteiger partial charge on any atom is 0.271 e. The van der Waals surface area contributed by atoms with Crippen molar-refractivity contribution in [1.29, 1.82) is 0 Å². The zero-order valence-electron chi connectivity index (χ0n) is 14.8. The molecule has 3 rings (SSSR count). The highest BCUT2D eigenvalue weighted by Gasteiger charge is 2.08. The van der Waals surface area contributed by atoms with Crippen LogP contribution in [0.4, 0.5) is 15.9 Å². The largest absolute Gasteiger partial charge is 0.497 e. The average molecular weight is 366 g/mol. The minimum absolute atomic E-state index is 0.231. The van der Waals surface area contributed by atoms with E-state index in [1.807, 2.05) is 24.3 Å². The summed E-state index contributed by atoms with van der Waals surface area (Å²) in [5.41, 5.74) is 2.01. The molecule has 7 heteroatoms. The highest BCUT2D eigenvalue weighted by Crippen LogP contribution is 2.18. The number of anilines is 2. The van der Waals surface area contributed by atoms with Crippen LogP contribution in [-0.2, 0) is 6.42 Å². The Kier molecular flexibility index (Phi) is 5.94. The van der Waals surface area contributed by atoms with Crippen molar-refractivity contribution in [2.45, 2.75) is 6.42 Å². The van der Waals surface area contributed by atoms with Crippen LogP contribution in [0.25, 0.3) is 0 Å². The molecule has 0 spiro atoms. The first-order valence-electron chi connectivity index (χ1n) is 8.41. The van der Waals surface area contributed by atoms with Gasteiger partial charge in [-0.3, -0.25) is 4.79 Å². The fourth-order valence-corrected chi connectivity index (χ4v) is 2.40. The summed E-state index contributed by atoms with van der Waals surface area (Å²) in [6.07, 6.45) is 0.608. The Morgan fingerprint density at radius 3 is 2.37 bits per heavy atom. The molecular weight excluding hydrogens is 347 g/mol. The number of rotatable bonds is 7. The van der Waals surface area contributed by atoms with Crippen LogP contribution in [-0.4, -0.2) is 29.8 Å². The molecule has 1 aromatic heterocycles. The molecule has 0 saturated carbocycles. The van der Waals surface area contributed by atoms with Gasteiger partial charge in [-0.25, -0.2) is 4.39 Å². The van der Waals surface area contributed by atoms with Gasteiger partial charge in [-0.2, -0.15) is 0 Å². The average Bonchev–Trinajstić information content (AvgIpc) is 2.70. The number of amides is 1. The predicted octanol–water partition coefficient (Wildman–Crippen LogP) is 3.34. The molecule has 2 aromatic carbocycles. The summed E-state index contributed by atoms with van der Waals surface area (Å²) in [5, 5.41) is 13.8. The van der Waals surface area contributed by atoms with Crippen molar-refractivity contribution in [3.63, 3.8) is 0 Å². The lowest BCUT2D eigenvalue weighted by Crippen LogP contribution is -2.26. The summed E-state index contributed by atoms with van der Waals surface area (Å²) in [5.74, 6) is 0.712. The van der Waals surface area contributed by atoms with Crippen molar-refractivity contribution in [2.75, 3.05) is 19.0 Å². The first kappa shape index (κ1) is 18.3. The maximum absolute atomic E-state index is 12.9. The predicted molar refractivity (Wildman–Crippen MR) is 101 cm³/mol. The van der Waals surface area contributed by atoms with E-state index >= 15 is 0 Å². The molecule has 0 unspecified atom stereocenters. The summed E-state index contributed by atoms with van der Waals surface area (Å²) in [6, 6.07) is 16.9. The highest BCUT2D eigenvalue weighted by molar-refractivity contribution is 5.92. The lowest BCUT2D eigenvalue weighted by Gasteiger charge is -2.07. The molecule has 2 N–H and O–H groups in total. The molecule has 138 valence electrons. The van der Waals surface area contributed by atoms with Crippen LogP contribution >= 0.6 is 0 Å². The van der Waals surface area contributed by atoms with E-state index in [0.717, 1.165) is 17.0 Å². The van der Waals surface area contributed by atoms with Crippen molar-refractivity contribution in [1.82, 2.24) is 15.5 Å².